The van der Waals surface area contributed by atoms with Gasteiger partial charge in [0.2, 0.25) is 11.6 Å². The summed E-state index contributed by atoms with van der Waals surface area (Å²) in [5.41, 5.74) is 1.96. The van der Waals surface area contributed by atoms with Gasteiger partial charge in [0.25, 0.3) is 0 Å². The fourth-order valence-corrected chi connectivity index (χ4v) is 5.59. The average molecular weight is 879 g/mol. The van der Waals surface area contributed by atoms with E-state index in [2.05, 4.69) is 4.74 Å². The van der Waals surface area contributed by atoms with Crippen LogP contribution in [0.25, 0.3) is 0 Å². The summed E-state index contributed by atoms with van der Waals surface area (Å²) in [6.45, 7) is 6.48. The van der Waals surface area contributed by atoms with E-state index in [1.54, 1.807) is 13.8 Å². The van der Waals surface area contributed by atoms with Gasteiger partial charge in [-0.25, -0.2) is 0 Å². The van der Waals surface area contributed by atoms with Crippen LogP contribution < -0.4 is 0 Å². The lowest BCUT2D eigenvalue weighted by atomic mass is 9.98. The molecular formula is C42H70O19. The number of methoxy groups -OCH3 is 2. The predicted molar refractivity (Wildman–Crippen MR) is 218 cm³/mol. The van der Waals surface area contributed by atoms with Gasteiger partial charge in [0, 0.05) is 28.1 Å². The number of carbonyl (C=O) groups excluding carboxylic acids is 2. The Balaban J connectivity index is 0.000000868. The number of Topliss-reactive ketones (excluding diaryl/α,β-unsaturated/α-hetero) is 2. The summed E-state index contributed by atoms with van der Waals surface area (Å²) in [6.07, 6.45) is -12.5. The van der Waals surface area contributed by atoms with Crippen molar-refractivity contribution in [3.05, 3.63) is 71.8 Å². The molecule has 0 aromatic heterocycles. The van der Waals surface area contributed by atoms with Crippen LogP contribution in [-0.2, 0) is 65.4 Å². The first-order valence-electron chi connectivity index (χ1n) is 18.5. The van der Waals surface area contributed by atoms with E-state index in [4.69, 9.17) is 58.3 Å². The van der Waals surface area contributed by atoms with Crippen molar-refractivity contribution in [2.45, 2.75) is 149 Å². The van der Waals surface area contributed by atoms with Crippen molar-refractivity contribution in [2.24, 2.45) is 0 Å². The Hall–Kier alpha value is -2.90. The zero-order valence-corrected chi connectivity index (χ0v) is 33.3. The third-order valence-corrected chi connectivity index (χ3v) is 9.67. The summed E-state index contributed by atoms with van der Waals surface area (Å²) in [5, 5.41) is 73.9. The number of carbonyl (C=O) groups is 2. The van der Waals surface area contributed by atoms with Gasteiger partial charge in [0.15, 0.2) is 30.4 Å². The van der Waals surface area contributed by atoms with Gasteiger partial charge in [-0.2, -0.15) is 0 Å². The molecule has 0 amide bonds. The van der Waals surface area contributed by atoms with Crippen molar-refractivity contribution in [1.29, 1.82) is 0 Å². The molecule has 4 aliphatic heterocycles. The molecule has 0 saturated carbocycles. The number of benzene rings is 2. The highest BCUT2D eigenvalue weighted by Crippen LogP contribution is 2.42. The maximum Gasteiger partial charge on any atom is 0.220 e. The Morgan fingerprint density at radius 1 is 0.557 bits per heavy atom. The Morgan fingerprint density at radius 2 is 0.934 bits per heavy atom. The summed E-state index contributed by atoms with van der Waals surface area (Å²) in [4.78, 5) is 19.6. The normalized spacial score (nSPS) is 35.1. The van der Waals surface area contributed by atoms with Crippen LogP contribution in [0.5, 0.6) is 0 Å². The third-order valence-electron chi connectivity index (χ3n) is 9.67. The number of hydrogen-bond acceptors (Lipinski definition) is 19. The minimum Gasteiger partial charge on any atom is -0.388 e. The van der Waals surface area contributed by atoms with Gasteiger partial charge in [-0.15, -0.1) is 0 Å². The zero-order chi connectivity index (χ0) is 43.2. The maximum atomic E-state index is 10.3. The molecule has 4 aliphatic rings. The molecule has 0 radical (unpaired) electrons. The van der Waals surface area contributed by atoms with Gasteiger partial charge in [-0.3, -0.25) is 9.59 Å². The molecule has 2 aromatic carbocycles. The van der Waals surface area contributed by atoms with Crippen molar-refractivity contribution in [1.82, 2.24) is 0 Å². The Labute approximate surface area is 358 Å². The average Bonchev–Trinajstić information content (AvgIpc) is 3.22. The highest BCUT2D eigenvalue weighted by atomic mass is 16.8. The molecular weight excluding hydrogens is 808 g/mol. The first-order chi connectivity index (χ1) is 27.4. The highest BCUT2D eigenvalue weighted by molar-refractivity contribution is 6.35. The van der Waals surface area contributed by atoms with Crippen LogP contribution in [0, 0.1) is 0 Å². The number of ketones is 2. The molecule has 19 nitrogen and oxygen atoms in total. The molecule has 4 fully saturated rings. The molecule has 0 spiro atoms. The minimum absolute atomic E-state index is 0. The maximum absolute atomic E-state index is 10.3. The van der Waals surface area contributed by atoms with E-state index in [1.807, 2.05) is 60.7 Å². The number of rotatable bonds is 9. The standard InChI is InChI=1S/C18H26O7.C12H16O5.C5H10O5.C4H6O2.3CH4/c1-17(20-3)18(2,21-4)25-15-14(24-17)13(19)11-23-16(15)22-10-12-8-6-5-7-9-12;13-9-7-17-12(11(15)10(9)14)16-6-8-4-2-1-3-5-8;6-2-1-10-5(9)4(8)3(2)7;1-3(5)4(2)6;;;/h5-9,13-16,19H,10-11H2,1-4H3;1-5,9-15H,6-7H2;2-9H,1H2;1-2H3;3*1H4/t13-,14+,15-,16+,17-,18-;9-,10+,11-,12+;2-,3-,4+,5?;;;;/m001..../s1. The Kier molecular flexibility index (Phi) is 26.0. The van der Waals surface area contributed by atoms with Gasteiger partial charge in [-0.1, -0.05) is 82.9 Å². The second-order valence-electron chi connectivity index (χ2n) is 14.0. The first kappa shape index (κ1) is 58.1. The first-order valence-corrected chi connectivity index (χ1v) is 18.5. The van der Waals surface area contributed by atoms with Crippen LogP contribution >= 0.6 is 0 Å². The molecule has 2 aromatic rings. The zero-order valence-electron chi connectivity index (χ0n) is 33.3. The molecule has 0 aliphatic carbocycles. The summed E-state index contributed by atoms with van der Waals surface area (Å²) < 4.78 is 49.6. The topological polar surface area (TPSA) is 279 Å². The van der Waals surface area contributed by atoms with Gasteiger partial charge < -0.3 is 83.5 Å². The van der Waals surface area contributed by atoms with Crippen LogP contribution in [-0.4, -0.2) is 172 Å². The summed E-state index contributed by atoms with van der Waals surface area (Å²) in [5.74, 6) is -3.12. The largest absolute Gasteiger partial charge is 0.388 e. The fraction of sp³-hybridized carbons (Fsp3) is 0.667. The Morgan fingerprint density at radius 3 is 1.36 bits per heavy atom. The number of fused-ring (bicyclic) bond motifs is 1. The lowest BCUT2D eigenvalue weighted by Crippen LogP contribution is -2.71. The van der Waals surface area contributed by atoms with Crippen LogP contribution in [0.3, 0.4) is 0 Å². The van der Waals surface area contributed by atoms with E-state index >= 15 is 0 Å². The summed E-state index contributed by atoms with van der Waals surface area (Å²) in [6, 6.07) is 19.2. The van der Waals surface area contributed by atoms with Crippen LogP contribution in [0.15, 0.2) is 60.7 Å². The lowest BCUT2D eigenvalue weighted by Gasteiger charge is -2.55. The van der Waals surface area contributed by atoms with Gasteiger partial charge >= 0.3 is 0 Å². The molecule has 8 N–H and O–H groups in total. The number of ether oxygens (including phenoxy) is 9. The van der Waals surface area contributed by atoms with Crippen molar-refractivity contribution >= 4 is 11.6 Å². The SMILES string of the molecule is C.C.C.CC(=O)C(C)=O.CO[C@@]1(C)O[C@@H]2[C@H](OCc3ccccc3)OC[C@H](O)[C@H]2O[C@]1(C)OC.OC1OC[C@@H](O)[C@@H](O)[C@@H]1O.O[C@@H]1[C@H](OCc2ccccc2)OC[C@H](O)[C@H]1O. The number of aliphatic hydroxyl groups is 8. The molecule has 61 heavy (non-hydrogen) atoms. The Bertz CT molecular complexity index is 1480. The van der Waals surface area contributed by atoms with Crippen molar-refractivity contribution in [3.63, 3.8) is 0 Å². The number of hydrogen-bond donors (Lipinski definition) is 8. The molecule has 14 atom stereocenters. The van der Waals surface area contributed by atoms with E-state index in [-0.39, 0.29) is 60.3 Å². The van der Waals surface area contributed by atoms with Crippen LogP contribution in [0.4, 0.5) is 0 Å². The lowest BCUT2D eigenvalue weighted by molar-refractivity contribution is -0.479. The van der Waals surface area contributed by atoms with Crippen LogP contribution in [0.2, 0.25) is 0 Å². The number of aliphatic hydroxyl groups excluding tert-OH is 8. The molecule has 4 heterocycles. The van der Waals surface area contributed by atoms with E-state index in [0.29, 0.717) is 6.61 Å². The summed E-state index contributed by atoms with van der Waals surface area (Å²) >= 11 is 0. The van der Waals surface area contributed by atoms with E-state index in [9.17, 15) is 30.0 Å². The minimum atomic E-state index is -1.41. The summed E-state index contributed by atoms with van der Waals surface area (Å²) in [7, 11) is 3.02. The highest BCUT2D eigenvalue weighted by Gasteiger charge is 2.61. The van der Waals surface area contributed by atoms with Gasteiger partial charge in [0.1, 0.15) is 54.9 Å². The van der Waals surface area contributed by atoms with Gasteiger partial charge in [0.05, 0.1) is 33.0 Å². The molecule has 19 heteroatoms. The molecule has 4 saturated heterocycles. The molecule has 6 rings (SSSR count). The quantitative estimate of drug-likeness (QED) is 0.160. The predicted octanol–water partition coefficient (Wildman–Crippen LogP) is 0.562. The van der Waals surface area contributed by atoms with Crippen molar-refractivity contribution in [3.8, 4) is 0 Å². The van der Waals surface area contributed by atoms with Crippen molar-refractivity contribution in [2.75, 3.05) is 34.0 Å². The third kappa shape index (κ3) is 16.3. The molecule has 352 valence electrons. The second kappa shape index (κ2) is 27.3. The van der Waals surface area contributed by atoms with E-state index < -0.39 is 85.4 Å². The molecule has 1 unspecified atom stereocenters. The second-order valence-corrected chi connectivity index (χ2v) is 14.0. The fourth-order valence-electron chi connectivity index (χ4n) is 5.59. The molecule has 0 bridgehead atoms. The monoisotopic (exact) mass is 878 g/mol. The van der Waals surface area contributed by atoms with E-state index in [0.717, 1.165) is 11.1 Å². The van der Waals surface area contributed by atoms with E-state index in [1.165, 1.54) is 28.1 Å². The van der Waals surface area contributed by atoms with Gasteiger partial charge in [-0.05, 0) is 25.0 Å². The smallest absolute Gasteiger partial charge is 0.220 e. The van der Waals surface area contributed by atoms with Crippen LogP contribution in [0.1, 0.15) is 61.1 Å². The van der Waals surface area contributed by atoms with Crippen molar-refractivity contribution < 1.29 is 93.1 Å².